The number of carbonyl (C=O) groups is 1. The zero-order chi connectivity index (χ0) is 23.0. The minimum absolute atomic E-state index is 0. The van der Waals surface area contributed by atoms with Crippen molar-refractivity contribution in [2.45, 2.75) is 18.1 Å². The van der Waals surface area contributed by atoms with Gasteiger partial charge >= 0.3 is 12.3 Å². The molecule has 0 radical (unpaired) electrons. The van der Waals surface area contributed by atoms with E-state index >= 15 is 0 Å². The Hall–Kier alpha value is -2.81. The molecule has 10 heteroatoms. The fourth-order valence-corrected chi connectivity index (χ4v) is 4.81. The number of carbonyl (C=O) groups excluding carboxylic acids is 1. The van der Waals surface area contributed by atoms with Crippen LogP contribution >= 0.6 is 24.8 Å². The number of aromatic nitrogens is 1. The standard InChI is InChI=1S/C25H22F3N3O2.2ClH/c26-25(27,28)22-9-10-29-13-20(22)23-14-30-11-12-31(23)24(32)33-15-21-18-7-3-1-5-16(18)17-6-2-4-8-19(17)21;;/h1-10,13,21,23,30H,11-12,14-15H2;2*1H. The number of pyridine rings is 1. The highest BCUT2D eigenvalue weighted by atomic mass is 35.5. The summed E-state index contributed by atoms with van der Waals surface area (Å²) in [5, 5.41) is 3.08. The van der Waals surface area contributed by atoms with Crippen molar-refractivity contribution in [3.63, 3.8) is 0 Å². The molecule has 1 N–H and O–H groups in total. The van der Waals surface area contributed by atoms with E-state index in [-0.39, 0.29) is 56.0 Å². The average Bonchev–Trinajstić information content (AvgIpc) is 3.16. The lowest BCUT2D eigenvalue weighted by molar-refractivity contribution is -0.138. The van der Waals surface area contributed by atoms with E-state index < -0.39 is 23.9 Å². The van der Waals surface area contributed by atoms with Crippen molar-refractivity contribution in [2.75, 3.05) is 26.2 Å². The van der Waals surface area contributed by atoms with Crippen LogP contribution in [0.2, 0.25) is 0 Å². The van der Waals surface area contributed by atoms with Crippen LogP contribution in [0.15, 0.2) is 67.0 Å². The van der Waals surface area contributed by atoms with Crippen LogP contribution in [0.5, 0.6) is 0 Å². The quantitative estimate of drug-likeness (QED) is 0.466. The van der Waals surface area contributed by atoms with Crippen molar-refractivity contribution in [3.8, 4) is 11.1 Å². The molecule has 1 saturated heterocycles. The van der Waals surface area contributed by atoms with E-state index in [1.165, 1.54) is 11.1 Å². The Morgan fingerprint density at radius 1 is 1.00 bits per heavy atom. The Morgan fingerprint density at radius 2 is 1.63 bits per heavy atom. The lowest BCUT2D eigenvalue weighted by Crippen LogP contribution is -2.49. The highest BCUT2D eigenvalue weighted by Gasteiger charge is 2.39. The molecule has 0 saturated carbocycles. The van der Waals surface area contributed by atoms with Gasteiger partial charge in [-0.1, -0.05) is 48.5 Å². The third-order valence-electron chi connectivity index (χ3n) is 6.33. The largest absolute Gasteiger partial charge is 0.448 e. The second-order valence-electron chi connectivity index (χ2n) is 8.18. The number of rotatable bonds is 3. The maximum Gasteiger partial charge on any atom is 0.416 e. The lowest BCUT2D eigenvalue weighted by Gasteiger charge is -2.36. The fraction of sp³-hybridized carbons (Fsp3) is 0.280. The molecule has 1 fully saturated rings. The predicted octanol–water partition coefficient (Wildman–Crippen LogP) is 5.84. The first kappa shape index (κ1) is 26.8. The Bertz CT molecular complexity index is 1150. The van der Waals surface area contributed by atoms with E-state index in [0.29, 0.717) is 6.54 Å². The molecule has 1 aliphatic heterocycles. The molecule has 2 aromatic carbocycles. The third-order valence-corrected chi connectivity index (χ3v) is 6.33. The van der Waals surface area contributed by atoms with Crippen molar-refractivity contribution >= 4 is 30.9 Å². The van der Waals surface area contributed by atoms with Crippen LogP contribution in [-0.4, -0.2) is 42.2 Å². The number of benzene rings is 2. The van der Waals surface area contributed by atoms with E-state index in [4.69, 9.17) is 4.74 Å². The maximum absolute atomic E-state index is 13.6. The van der Waals surface area contributed by atoms with Crippen LogP contribution < -0.4 is 5.32 Å². The normalized spacial score (nSPS) is 17.0. The molecule has 35 heavy (non-hydrogen) atoms. The molecule has 2 heterocycles. The van der Waals surface area contributed by atoms with Gasteiger partial charge in [-0.25, -0.2) is 4.79 Å². The van der Waals surface area contributed by atoms with Crippen molar-refractivity contribution in [1.82, 2.24) is 15.2 Å². The minimum Gasteiger partial charge on any atom is -0.448 e. The van der Waals surface area contributed by atoms with Crippen molar-refractivity contribution in [2.24, 2.45) is 0 Å². The summed E-state index contributed by atoms with van der Waals surface area (Å²) >= 11 is 0. The Labute approximate surface area is 213 Å². The van der Waals surface area contributed by atoms with Crippen LogP contribution in [-0.2, 0) is 10.9 Å². The van der Waals surface area contributed by atoms with Gasteiger partial charge in [-0.2, -0.15) is 13.2 Å². The molecule has 1 aliphatic carbocycles. The van der Waals surface area contributed by atoms with Gasteiger partial charge in [0.1, 0.15) is 6.61 Å². The SMILES string of the molecule is Cl.Cl.O=C(OCC1c2ccccc2-c2ccccc21)N1CCNCC1c1cnccc1C(F)(F)F. The Balaban J connectivity index is 0.00000171. The van der Waals surface area contributed by atoms with Gasteiger partial charge in [0.25, 0.3) is 0 Å². The molecule has 5 rings (SSSR count). The highest BCUT2D eigenvalue weighted by Crippen LogP contribution is 2.44. The molecule has 186 valence electrons. The zero-order valence-corrected chi connectivity index (χ0v) is 20.1. The fourth-order valence-electron chi connectivity index (χ4n) is 4.81. The monoisotopic (exact) mass is 525 g/mol. The van der Waals surface area contributed by atoms with Gasteiger partial charge in [0.2, 0.25) is 0 Å². The molecule has 1 aromatic heterocycles. The first-order valence-corrected chi connectivity index (χ1v) is 10.8. The maximum atomic E-state index is 13.6. The predicted molar refractivity (Wildman–Crippen MR) is 131 cm³/mol. The summed E-state index contributed by atoms with van der Waals surface area (Å²) in [4.78, 5) is 18.3. The summed E-state index contributed by atoms with van der Waals surface area (Å²) in [5.41, 5.74) is 3.55. The second kappa shape index (κ2) is 10.8. The van der Waals surface area contributed by atoms with Crippen LogP contribution in [0.25, 0.3) is 11.1 Å². The lowest BCUT2D eigenvalue weighted by atomic mass is 9.98. The number of hydrogen-bond acceptors (Lipinski definition) is 4. The summed E-state index contributed by atoms with van der Waals surface area (Å²) in [6.07, 6.45) is -2.87. The van der Waals surface area contributed by atoms with E-state index in [0.717, 1.165) is 34.5 Å². The van der Waals surface area contributed by atoms with Crippen molar-refractivity contribution < 1.29 is 22.7 Å². The van der Waals surface area contributed by atoms with Gasteiger partial charge in [0, 0.05) is 43.5 Å². The first-order chi connectivity index (χ1) is 15.9. The molecular weight excluding hydrogens is 502 g/mol. The molecule has 2 aliphatic rings. The topological polar surface area (TPSA) is 54.5 Å². The Kier molecular flexibility index (Phi) is 8.30. The second-order valence-corrected chi connectivity index (χ2v) is 8.18. The van der Waals surface area contributed by atoms with Crippen LogP contribution in [0.1, 0.15) is 34.2 Å². The molecule has 5 nitrogen and oxygen atoms in total. The number of halogens is 5. The molecule has 0 spiro atoms. The Morgan fingerprint density at radius 3 is 2.26 bits per heavy atom. The minimum atomic E-state index is -4.54. The summed E-state index contributed by atoms with van der Waals surface area (Å²) in [7, 11) is 0. The number of nitrogens with one attached hydrogen (secondary N) is 1. The van der Waals surface area contributed by atoms with Gasteiger partial charge in [0.15, 0.2) is 0 Å². The number of amides is 1. The van der Waals surface area contributed by atoms with Crippen LogP contribution in [0, 0.1) is 0 Å². The third kappa shape index (κ3) is 5.10. The van der Waals surface area contributed by atoms with Gasteiger partial charge < -0.3 is 10.1 Å². The van der Waals surface area contributed by atoms with E-state index in [9.17, 15) is 18.0 Å². The van der Waals surface area contributed by atoms with Crippen LogP contribution in [0.3, 0.4) is 0 Å². The number of piperazine rings is 1. The van der Waals surface area contributed by atoms with Gasteiger partial charge in [-0.15, -0.1) is 24.8 Å². The molecule has 3 aromatic rings. The summed E-state index contributed by atoms with van der Waals surface area (Å²) < 4.78 is 46.5. The van der Waals surface area contributed by atoms with Crippen molar-refractivity contribution in [1.29, 1.82) is 0 Å². The molecular formula is C25H24Cl2F3N3O2. The smallest absolute Gasteiger partial charge is 0.416 e. The van der Waals surface area contributed by atoms with Gasteiger partial charge in [-0.3, -0.25) is 9.88 Å². The summed E-state index contributed by atoms with van der Waals surface area (Å²) in [6.45, 7) is 1.03. The van der Waals surface area contributed by atoms with Gasteiger partial charge in [-0.05, 0) is 28.3 Å². The number of hydrogen-bond donors (Lipinski definition) is 1. The molecule has 0 bridgehead atoms. The average molecular weight is 526 g/mol. The van der Waals surface area contributed by atoms with E-state index in [1.807, 2.05) is 48.5 Å². The van der Waals surface area contributed by atoms with E-state index in [1.54, 1.807) is 0 Å². The molecule has 1 unspecified atom stereocenters. The number of alkyl halides is 3. The van der Waals surface area contributed by atoms with Gasteiger partial charge in [0.05, 0.1) is 11.6 Å². The van der Waals surface area contributed by atoms with Crippen LogP contribution in [0.4, 0.5) is 18.0 Å². The highest BCUT2D eigenvalue weighted by molar-refractivity contribution is 5.85. The zero-order valence-electron chi connectivity index (χ0n) is 18.5. The molecule has 1 amide bonds. The van der Waals surface area contributed by atoms with E-state index in [2.05, 4.69) is 10.3 Å². The number of fused-ring (bicyclic) bond motifs is 3. The van der Waals surface area contributed by atoms with Crippen molar-refractivity contribution in [3.05, 3.63) is 89.2 Å². The number of ether oxygens (including phenoxy) is 1. The molecule has 1 atom stereocenters. The first-order valence-electron chi connectivity index (χ1n) is 10.8. The summed E-state index contributed by atoms with van der Waals surface area (Å²) in [5.74, 6) is -0.119. The number of nitrogens with zero attached hydrogens (tertiary/aromatic N) is 2. The summed E-state index contributed by atoms with van der Waals surface area (Å²) in [6, 6.07) is 16.1.